The van der Waals surface area contributed by atoms with Crippen molar-refractivity contribution < 1.29 is 9.53 Å². The molecule has 0 spiro atoms. The molecule has 0 bridgehead atoms. The van der Waals surface area contributed by atoms with Gasteiger partial charge in [0.05, 0.1) is 13.5 Å². The largest absolute Gasteiger partial charge is 0.469 e. The number of fused-ring (bicyclic) bond motifs is 1. The molecule has 0 atom stereocenters. The van der Waals surface area contributed by atoms with E-state index in [2.05, 4.69) is 29.0 Å². The average Bonchev–Trinajstić information content (AvgIpc) is 2.29. The fraction of sp³-hybridized carbons (Fsp3) is 0.308. The molecule has 0 aliphatic heterocycles. The van der Waals surface area contributed by atoms with Crippen molar-refractivity contribution in [1.82, 2.24) is 0 Å². The summed E-state index contributed by atoms with van der Waals surface area (Å²) in [5.41, 5.74) is 3.77. The molecule has 78 valence electrons. The number of esters is 1. The lowest BCUT2D eigenvalue weighted by Gasteiger charge is -2.15. The minimum absolute atomic E-state index is 0.152. The summed E-state index contributed by atoms with van der Waals surface area (Å²) >= 11 is 0. The number of rotatable bonds is 2. The highest BCUT2D eigenvalue weighted by Gasteiger charge is 2.12. The van der Waals surface area contributed by atoms with E-state index >= 15 is 0 Å². The second-order valence-corrected chi connectivity index (χ2v) is 3.75. The Hall–Kier alpha value is -1.57. The van der Waals surface area contributed by atoms with Crippen LogP contribution in [0.5, 0.6) is 0 Å². The highest BCUT2D eigenvalue weighted by Crippen LogP contribution is 2.25. The number of hydrogen-bond donors (Lipinski definition) is 0. The molecule has 2 rings (SSSR count). The normalized spacial score (nSPS) is 14.1. The molecule has 0 saturated carbocycles. The van der Waals surface area contributed by atoms with Crippen molar-refractivity contribution in [1.29, 1.82) is 0 Å². The maximum atomic E-state index is 11.1. The van der Waals surface area contributed by atoms with Crippen molar-refractivity contribution in [3.63, 3.8) is 0 Å². The van der Waals surface area contributed by atoms with Gasteiger partial charge >= 0.3 is 5.97 Å². The van der Waals surface area contributed by atoms with Gasteiger partial charge in [0.15, 0.2) is 0 Å². The van der Waals surface area contributed by atoms with Crippen LogP contribution in [0.3, 0.4) is 0 Å². The van der Waals surface area contributed by atoms with E-state index in [1.807, 2.05) is 6.07 Å². The Morgan fingerprint density at radius 2 is 2.13 bits per heavy atom. The summed E-state index contributed by atoms with van der Waals surface area (Å²) in [5, 5.41) is 0. The van der Waals surface area contributed by atoms with Crippen LogP contribution in [-0.4, -0.2) is 13.1 Å². The van der Waals surface area contributed by atoms with Gasteiger partial charge in [-0.3, -0.25) is 4.79 Å². The first-order valence-electron chi connectivity index (χ1n) is 5.14. The first kappa shape index (κ1) is 9.97. The van der Waals surface area contributed by atoms with Gasteiger partial charge in [-0.25, -0.2) is 0 Å². The van der Waals surface area contributed by atoms with E-state index in [-0.39, 0.29) is 5.97 Å². The molecule has 2 heteroatoms. The Morgan fingerprint density at radius 1 is 1.33 bits per heavy atom. The molecular weight excluding hydrogens is 188 g/mol. The quantitative estimate of drug-likeness (QED) is 0.689. The lowest BCUT2D eigenvalue weighted by atomic mass is 9.91. The fourth-order valence-electron chi connectivity index (χ4n) is 1.89. The second-order valence-electron chi connectivity index (χ2n) is 3.75. The number of carbonyl (C=O) groups excluding carboxylic acids is 1. The lowest BCUT2D eigenvalue weighted by Crippen LogP contribution is -2.06. The van der Waals surface area contributed by atoms with E-state index in [1.54, 1.807) is 0 Å². The third-order valence-electron chi connectivity index (χ3n) is 2.73. The Balaban J connectivity index is 2.18. The van der Waals surface area contributed by atoms with Crippen LogP contribution >= 0.6 is 0 Å². The summed E-state index contributed by atoms with van der Waals surface area (Å²) in [6, 6.07) is 8.31. The van der Waals surface area contributed by atoms with Gasteiger partial charge in [0.25, 0.3) is 0 Å². The Bertz CT molecular complexity index is 405. The van der Waals surface area contributed by atoms with E-state index in [1.165, 1.54) is 23.8 Å². The zero-order valence-electron chi connectivity index (χ0n) is 8.82. The number of ether oxygens (including phenoxy) is 1. The minimum Gasteiger partial charge on any atom is -0.469 e. The Labute approximate surface area is 89.6 Å². The standard InChI is InChI=1S/C13H14O2/c1-15-13(14)9-10-6-7-11-4-2-3-5-12(11)8-10/h2-5,8H,6-7,9H2,1H3. The molecule has 1 aromatic rings. The molecule has 2 nitrogen and oxygen atoms in total. The Kier molecular flexibility index (Phi) is 2.86. The van der Waals surface area contributed by atoms with Crippen molar-refractivity contribution in [3.8, 4) is 0 Å². The maximum absolute atomic E-state index is 11.1. The first-order chi connectivity index (χ1) is 7.29. The molecule has 0 amide bonds. The average molecular weight is 202 g/mol. The zero-order valence-corrected chi connectivity index (χ0v) is 8.82. The second kappa shape index (κ2) is 4.30. The summed E-state index contributed by atoms with van der Waals surface area (Å²) < 4.78 is 4.66. The van der Waals surface area contributed by atoms with Gasteiger partial charge in [-0.1, -0.05) is 35.9 Å². The minimum atomic E-state index is -0.152. The monoisotopic (exact) mass is 202 g/mol. The number of methoxy groups -OCH3 is 1. The van der Waals surface area contributed by atoms with Crippen LogP contribution in [0.25, 0.3) is 6.08 Å². The van der Waals surface area contributed by atoms with Crippen LogP contribution in [-0.2, 0) is 16.0 Å². The van der Waals surface area contributed by atoms with Gasteiger partial charge in [0.2, 0.25) is 0 Å². The topological polar surface area (TPSA) is 26.3 Å². The number of carbonyl (C=O) groups is 1. The van der Waals surface area contributed by atoms with E-state index < -0.39 is 0 Å². The molecule has 15 heavy (non-hydrogen) atoms. The molecule has 1 aliphatic rings. The highest BCUT2D eigenvalue weighted by atomic mass is 16.5. The SMILES string of the molecule is COC(=O)CC1=Cc2ccccc2CC1. The van der Waals surface area contributed by atoms with E-state index in [4.69, 9.17) is 0 Å². The maximum Gasteiger partial charge on any atom is 0.309 e. The van der Waals surface area contributed by atoms with Crippen molar-refractivity contribution in [2.45, 2.75) is 19.3 Å². The van der Waals surface area contributed by atoms with Crippen LogP contribution in [0.4, 0.5) is 0 Å². The van der Waals surface area contributed by atoms with E-state index in [0.717, 1.165) is 12.8 Å². The summed E-state index contributed by atoms with van der Waals surface area (Å²) in [7, 11) is 1.43. The number of aryl methyl sites for hydroxylation is 1. The van der Waals surface area contributed by atoms with Crippen LogP contribution < -0.4 is 0 Å². The van der Waals surface area contributed by atoms with Crippen LogP contribution in [0.1, 0.15) is 24.0 Å². The van der Waals surface area contributed by atoms with Crippen molar-refractivity contribution in [3.05, 3.63) is 41.0 Å². The summed E-state index contributed by atoms with van der Waals surface area (Å²) in [4.78, 5) is 11.1. The van der Waals surface area contributed by atoms with E-state index in [9.17, 15) is 4.79 Å². The zero-order chi connectivity index (χ0) is 10.7. The highest BCUT2D eigenvalue weighted by molar-refractivity contribution is 5.75. The van der Waals surface area contributed by atoms with Gasteiger partial charge < -0.3 is 4.74 Å². The van der Waals surface area contributed by atoms with Gasteiger partial charge in [0, 0.05) is 0 Å². The first-order valence-corrected chi connectivity index (χ1v) is 5.14. The molecule has 0 aromatic heterocycles. The van der Waals surface area contributed by atoms with Gasteiger partial charge in [-0.15, -0.1) is 0 Å². The van der Waals surface area contributed by atoms with Crippen LogP contribution in [0.2, 0.25) is 0 Å². The molecule has 1 aliphatic carbocycles. The molecule has 0 radical (unpaired) electrons. The number of hydrogen-bond acceptors (Lipinski definition) is 2. The third-order valence-corrected chi connectivity index (χ3v) is 2.73. The summed E-state index contributed by atoms with van der Waals surface area (Å²) in [5.74, 6) is -0.152. The predicted octanol–water partition coefficient (Wildman–Crippen LogP) is 2.58. The predicted molar refractivity (Wildman–Crippen MR) is 59.4 cm³/mol. The van der Waals surface area contributed by atoms with Gasteiger partial charge in [0.1, 0.15) is 0 Å². The van der Waals surface area contributed by atoms with Gasteiger partial charge in [-0.2, -0.15) is 0 Å². The molecule has 0 saturated heterocycles. The molecule has 0 unspecified atom stereocenters. The van der Waals surface area contributed by atoms with Crippen LogP contribution in [0, 0.1) is 0 Å². The van der Waals surface area contributed by atoms with Gasteiger partial charge in [-0.05, 0) is 24.0 Å². The van der Waals surface area contributed by atoms with E-state index in [0.29, 0.717) is 6.42 Å². The summed E-state index contributed by atoms with van der Waals surface area (Å²) in [6.45, 7) is 0. The summed E-state index contributed by atoms with van der Waals surface area (Å²) in [6.07, 6.45) is 4.52. The fourth-order valence-corrected chi connectivity index (χ4v) is 1.89. The third kappa shape index (κ3) is 2.27. The van der Waals surface area contributed by atoms with Crippen LogP contribution in [0.15, 0.2) is 29.8 Å². The Morgan fingerprint density at radius 3 is 2.93 bits per heavy atom. The molecule has 0 fully saturated rings. The molecule has 1 aromatic carbocycles. The molecular formula is C13H14O2. The smallest absolute Gasteiger partial charge is 0.309 e. The number of benzene rings is 1. The van der Waals surface area contributed by atoms with Crippen molar-refractivity contribution in [2.24, 2.45) is 0 Å². The molecule has 0 heterocycles. The van der Waals surface area contributed by atoms with Crippen molar-refractivity contribution >= 4 is 12.0 Å². The molecule has 0 N–H and O–H groups in total. The lowest BCUT2D eigenvalue weighted by molar-refractivity contribution is -0.139. The van der Waals surface area contributed by atoms with Crippen molar-refractivity contribution in [2.75, 3.05) is 7.11 Å².